The van der Waals surface area contributed by atoms with Gasteiger partial charge in [-0.25, -0.2) is 9.88 Å². The number of hydrogen-bond donors (Lipinski definition) is 0. The second-order valence-corrected chi connectivity index (χ2v) is 7.73. The highest BCUT2D eigenvalue weighted by atomic mass is 35.5. The Labute approximate surface area is 167 Å². The van der Waals surface area contributed by atoms with E-state index in [4.69, 9.17) is 23.8 Å². The first-order valence-electron chi connectivity index (χ1n) is 8.28. The highest BCUT2D eigenvalue weighted by molar-refractivity contribution is 8.27. The first-order valence-corrected chi connectivity index (χ1v) is 9.88. The molecule has 0 bridgehead atoms. The SMILES string of the molecule is CCN(CC)c1ccc(/C=C2\SC(=S)N(c3ccc(Cl)cn3)C2=O)cc1. The quantitative estimate of drug-likeness (QED) is 0.519. The van der Waals surface area contributed by atoms with Crippen LogP contribution in [0.4, 0.5) is 11.5 Å². The average Bonchev–Trinajstić information content (AvgIpc) is 2.92. The molecular weight excluding hydrogens is 386 g/mol. The third-order valence-electron chi connectivity index (χ3n) is 4.05. The summed E-state index contributed by atoms with van der Waals surface area (Å²) < 4.78 is 0.468. The van der Waals surface area contributed by atoms with E-state index in [1.165, 1.54) is 28.5 Å². The average molecular weight is 404 g/mol. The highest BCUT2D eigenvalue weighted by Gasteiger charge is 2.34. The van der Waals surface area contributed by atoms with Gasteiger partial charge in [-0.2, -0.15) is 0 Å². The van der Waals surface area contributed by atoms with E-state index in [9.17, 15) is 4.79 Å². The Morgan fingerprint density at radius 1 is 1.19 bits per heavy atom. The van der Waals surface area contributed by atoms with Crippen LogP contribution in [0.2, 0.25) is 5.02 Å². The summed E-state index contributed by atoms with van der Waals surface area (Å²) in [6.07, 6.45) is 3.37. The fourth-order valence-electron chi connectivity index (χ4n) is 2.69. The van der Waals surface area contributed by atoms with E-state index in [0.29, 0.717) is 20.1 Å². The topological polar surface area (TPSA) is 36.4 Å². The highest BCUT2D eigenvalue weighted by Crippen LogP contribution is 2.35. The molecule has 26 heavy (non-hydrogen) atoms. The molecule has 1 amide bonds. The van der Waals surface area contributed by atoms with Gasteiger partial charge in [-0.3, -0.25) is 4.79 Å². The summed E-state index contributed by atoms with van der Waals surface area (Å²) in [6, 6.07) is 11.6. The lowest BCUT2D eigenvalue weighted by molar-refractivity contribution is -0.113. The zero-order valence-electron chi connectivity index (χ0n) is 14.5. The molecule has 0 aliphatic carbocycles. The summed E-state index contributed by atoms with van der Waals surface area (Å²) >= 11 is 12.5. The summed E-state index contributed by atoms with van der Waals surface area (Å²) in [5.41, 5.74) is 2.13. The van der Waals surface area contributed by atoms with E-state index in [1.807, 2.05) is 18.2 Å². The molecule has 2 aromatic rings. The summed E-state index contributed by atoms with van der Waals surface area (Å²) in [4.78, 5) is 21.2. The van der Waals surface area contributed by atoms with Crippen LogP contribution in [0.5, 0.6) is 0 Å². The normalized spacial score (nSPS) is 15.8. The molecular formula is C19H18ClN3OS2. The van der Waals surface area contributed by atoms with Gasteiger partial charge in [0.1, 0.15) is 5.82 Å². The Balaban J connectivity index is 1.82. The van der Waals surface area contributed by atoms with Crippen molar-refractivity contribution in [1.29, 1.82) is 0 Å². The summed E-state index contributed by atoms with van der Waals surface area (Å²) in [5.74, 6) is 0.319. The zero-order chi connectivity index (χ0) is 18.7. The molecule has 0 unspecified atom stereocenters. The number of carbonyl (C=O) groups is 1. The molecule has 3 rings (SSSR count). The van der Waals surface area contributed by atoms with Crippen LogP contribution in [0.25, 0.3) is 6.08 Å². The van der Waals surface area contributed by atoms with Crippen LogP contribution in [0.3, 0.4) is 0 Å². The van der Waals surface area contributed by atoms with Gasteiger partial charge in [-0.1, -0.05) is 47.7 Å². The van der Waals surface area contributed by atoms with Crippen molar-refractivity contribution in [3.05, 3.63) is 58.1 Å². The number of halogens is 1. The van der Waals surface area contributed by atoms with E-state index in [-0.39, 0.29) is 5.91 Å². The van der Waals surface area contributed by atoms with Crippen LogP contribution >= 0.6 is 35.6 Å². The number of rotatable bonds is 5. The van der Waals surface area contributed by atoms with Crippen LogP contribution in [0, 0.1) is 0 Å². The summed E-state index contributed by atoms with van der Waals surface area (Å²) in [7, 11) is 0. The molecule has 0 radical (unpaired) electrons. The van der Waals surface area contributed by atoms with Gasteiger partial charge in [0.05, 0.1) is 9.93 Å². The van der Waals surface area contributed by atoms with Crippen molar-refractivity contribution in [3.63, 3.8) is 0 Å². The van der Waals surface area contributed by atoms with Crippen molar-refractivity contribution < 1.29 is 4.79 Å². The Bertz CT molecular complexity index is 846. The number of amides is 1. The van der Waals surface area contributed by atoms with Crippen molar-refractivity contribution in [2.75, 3.05) is 22.9 Å². The standard InChI is InChI=1S/C19H18ClN3OS2/c1-3-22(4-2)15-8-5-13(6-9-15)11-16-18(24)23(19(25)26-16)17-10-7-14(20)12-21-17/h5-12H,3-4H2,1-2H3/b16-11-. The predicted octanol–water partition coefficient (Wildman–Crippen LogP) is 4.99. The van der Waals surface area contributed by atoms with E-state index < -0.39 is 0 Å². The van der Waals surface area contributed by atoms with Crippen LogP contribution < -0.4 is 9.80 Å². The maximum Gasteiger partial charge on any atom is 0.271 e. The lowest BCUT2D eigenvalue weighted by Gasteiger charge is -2.20. The molecule has 0 atom stereocenters. The lowest BCUT2D eigenvalue weighted by atomic mass is 10.1. The van der Waals surface area contributed by atoms with Gasteiger partial charge in [-0.15, -0.1) is 0 Å². The van der Waals surface area contributed by atoms with Crippen molar-refractivity contribution >= 4 is 63.4 Å². The monoisotopic (exact) mass is 403 g/mol. The molecule has 0 saturated carbocycles. The number of pyridine rings is 1. The minimum Gasteiger partial charge on any atom is -0.372 e. The number of thiocarbonyl (C=S) groups is 1. The molecule has 1 saturated heterocycles. The van der Waals surface area contributed by atoms with Crippen LogP contribution in [0.15, 0.2) is 47.5 Å². The number of anilines is 2. The van der Waals surface area contributed by atoms with Gasteiger partial charge in [0.15, 0.2) is 4.32 Å². The lowest BCUT2D eigenvalue weighted by Crippen LogP contribution is -2.28. The van der Waals surface area contributed by atoms with Crippen LogP contribution in [-0.2, 0) is 4.79 Å². The van der Waals surface area contributed by atoms with Crippen LogP contribution in [0.1, 0.15) is 19.4 Å². The first-order chi connectivity index (χ1) is 12.5. The summed E-state index contributed by atoms with van der Waals surface area (Å²) in [6.45, 7) is 6.19. The number of aromatic nitrogens is 1. The molecule has 0 N–H and O–H groups in total. The summed E-state index contributed by atoms with van der Waals surface area (Å²) in [5, 5.41) is 0.517. The molecule has 4 nitrogen and oxygen atoms in total. The van der Waals surface area contributed by atoms with E-state index in [0.717, 1.165) is 18.7 Å². The van der Waals surface area contributed by atoms with Crippen molar-refractivity contribution in [2.45, 2.75) is 13.8 Å². The maximum atomic E-state index is 12.7. The number of benzene rings is 1. The van der Waals surface area contributed by atoms with E-state index >= 15 is 0 Å². The van der Waals surface area contributed by atoms with Gasteiger partial charge in [0, 0.05) is 25.0 Å². The van der Waals surface area contributed by atoms with Crippen molar-refractivity contribution in [1.82, 2.24) is 4.98 Å². The van der Waals surface area contributed by atoms with E-state index in [1.54, 1.807) is 12.1 Å². The number of thioether (sulfide) groups is 1. The number of nitrogens with zero attached hydrogens (tertiary/aromatic N) is 3. The van der Waals surface area contributed by atoms with Crippen molar-refractivity contribution in [2.24, 2.45) is 0 Å². The minimum atomic E-state index is -0.164. The second kappa shape index (κ2) is 8.20. The minimum absolute atomic E-state index is 0.164. The van der Waals surface area contributed by atoms with Crippen LogP contribution in [-0.4, -0.2) is 28.3 Å². The fourth-order valence-corrected chi connectivity index (χ4v) is 4.07. The molecule has 1 aliphatic heterocycles. The maximum absolute atomic E-state index is 12.7. The first kappa shape index (κ1) is 18.9. The molecule has 134 valence electrons. The third-order valence-corrected chi connectivity index (χ3v) is 5.58. The number of hydrogen-bond acceptors (Lipinski definition) is 5. The molecule has 1 fully saturated rings. The zero-order valence-corrected chi connectivity index (χ0v) is 16.9. The fraction of sp³-hybridized carbons (Fsp3) is 0.211. The Kier molecular flexibility index (Phi) is 5.96. The molecule has 0 spiro atoms. The third kappa shape index (κ3) is 3.92. The predicted molar refractivity (Wildman–Crippen MR) is 115 cm³/mol. The molecule has 1 aliphatic rings. The van der Waals surface area contributed by atoms with Gasteiger partial charge in [0.25, 0.3) is 5.91 Å². The van der Waals surface area contributed by atoms with Crippen molar-refractivity contribution in [3.8, 4) is 0 Å². The Hall–Kier alpha value is -1.89. The molecule has 1 aromatic heterocycles. The van der Waals surface area contributed by atoms with Gasteiger partial charge in [-0.05, 0) is 49.8 Å². The van der Waals surface area contributed by atoms with Gasteiger partial charge in [0.2, 0.25) is 0 Å². The Morgan fingerprint density at radius 3 is 2.46 bits per heavy atom. The smallest absolute Gasteiger partial charge is 0.271 e. The van der Waals surface area contributed by atoms with Gasteiger partial charge >= 0.3 is 0 Å². The molecule has 1 aromatic carbocycles. The molecule has 7 heteroatoms. The second-order valence-electron chi connectivity index (χ2n) is 5.62. The van der Waals surface area contributed by atoms with Gasteiger partial charge < -0.3 is 4.90 Å². The Morgan fingerprint density at radius 2 is 1.88 bits per heavy atom. The largest absolute Gasteiger partial charge is 0.372 e. The number of carbonyl (C=O) groups excluding carboxylic acids is 1. The van der Waals surface area contributed by atoms with E-state index in [2.05, 4.69) is 35.9 Å². The molecule has 2 heterocycles.